The number of ether oxygens (including phenoxy) is 2. The largest absolute Gasteiger partial charge is 0.481 e. The van der Waals surface area contributed by atoms with Crippen LogP contribution in [0.2, 0.25) is 5.02 Å². The van der Waals surface area contributed by atoms with Gasteiger partial charge in [-0.25, -0.2) is 18.6 Å². The van der Waals surface area contributed by atoms with Crippen LogP contribution in [0.15, 0.2) is 40.0 Å². The van der Waals surface area contributed by atoms with Gasteiger partial charge in [-0.1, -0.05) is 17.7 Å². The number of nitrogens with zero attached hydrogens (tertiary/aromatic N) is 3. The van der Waals surface area contributed by atoms with Crippen LogP contribution < -0.4 is 5.32 Å². The minimum atomic E-state index is -1.23. The van der Waals surface area contributed by atoms with Crippen LogP contribution in [0, 0.1) is 23.0 Å². The number of halogens is 3. The van der Waals surface area contributed by atoms with Crippen LogP contribution in [0.1, 0.15) is 29.5 Å². The van der Waals surface area contributed by atoms with Gasteiger partial charge in [-0.3, -0.25) is 14.7 Å². The highest BCUT2D eigenvalue weighted by atomic mass is 35.5. The number of carbonyl (C=O) groups is 2. The minimum Gasteiger partial charge on any atom is -0.481 e. The van der Waals surface area contributed by atoms with Crippen LogP contribution in [0.4, 0.5) is 8.78 Å². The number of likely N-dealkylation sites (tertiary alicyclic amines) is 1. The molecule has 13 heteroatoms. The molecule has 38 heavy (non-hydrogen) atoms. The molecule has 0 radical (unpaired) electrons. The predicted molar refractivity (Wildman–Crippen MR) is 133 cm³/mol. The molecule has 1 aromatic heterocycles. The molecule has 4 heterocycles. The molecular formula is C25H23ClF2N4O5S. The Hall–Kier alpha value is -2.93. The molecule has 3 fully saturated rings. The predicted octanol–water partition coefficient (Wildman–Crippen LogP) is 3.16. The number of nitrogens with one attached hydrogen (secondary N) is 1. The summed E-state index contributed by atoms with van der Waals surface area (Å²) in [5.74, 6) is -3.46. The molecule has 1 saturated carbocycles. The molecule has 5 atom stereocenters. The minimum absolute atomic E-state index is 0.00808. The Morgan fingerprint density at radius 3 is 2.89 bits per heavy atom. The average molecular weight is 565 g/mol. The Morgan fingerprint density at radius 1 is 1.37 bits per heavy atom. The standard InChI is InChI=1S/C25H23ClF2N4O5S/c1-36-24(35)18-14(8-32-15-6-11(7-17(33)34)25(15)10-37-9-16(25)32)30-22(23-29-4-5-38-23)31-21(18)12-2-3-13(27)20(28)19(12)26/h2-5,11,15-16,21H,6-10H2,1H3,(H,30,31)(H,33,34)/t11-,15-,16-,21+,25?/m1/s1. The molecule has 9 nitrogen and oxygen atoms in total. The van der Waals surface area contributed by atoms with E-state index in [1.165, 1.54) is 24.5 Å². The van der Waals surface area contributed by atoms with Gasteiger partial charge in [0.15, 0.2) is 22.5 Å². The molecule has 4 aliphatic rings. The molecular weight excluding hydrogens is 542 g/mol. The van der Waals surface area contributed by atoms with Crippen molar-refractivity contribution in [3.8, 4) is 0 Å². The number of aromatic nitrogens is 1. The van der Waals surface area contributed by atoms with Gasteiger partial charge in [0.2, 0.25) is 0 Å². The van der Waals surface area contributed by atoms with E-state index >= 15 is 0 Å². The van der Waals surface area contributed by atoms with E-state index in [2.05, 4.69) is 20.2 Å². The number of benzene rings is 1. The molecule has 1 aromatic carbocycles. The highest BCUT2D eigenvalue weighted by Gasteiger charge is 2.73. The number of rotatable bonds is 7. The van der Waals surface area contributed by atoms with Crippen LogP contribution in [0.25, 0.3) is 0 Å². The van der Waals surface area contributed by atoms with Crippen molar-refractivity contribution >= 4 is 40.7 Å². The van der Waals surface area contributed by atoms with Gasteiger partial charge >= 0.3 is 11.9 Å². The lowest BCUT2D eigenvalue weighted by molar-refractivity contribution is -0.222. The lowest BCUT2D eigenvalue weighted by atomic mass is 9.46. The summed E-state index contributed by atoms with van der Waals surface area (Å²) in [6.45, 7) is 1.25. The monoisotopic (exact) mass is 564 g/mol. The summed E-state index contributed by atoms with van der Waals surface area (Å²) in [5, 5.41) is 14.4. The smallest absolute Gasteiger partial charge is 0.338 e. The van der Waals surface area contributed by atoms with Crippen LogP contribution in [-0.2, 0) is 19.1 Å². The molecule has 6 rings (SSSR count). The first-order valence-electron chi connectivity index (χ1n) is 12.0. The number of aliphatic imine (C=N–C) groups is 1. The quantitative estimate of drug-likeness (QED) is 0.389. The summed E-state index contributed by atoms with van der Waals surface area (Å²) in [5.41, 5.74) is 0.503. The topological polar surface area (TPSA) is 113 Å². The van der Waals surface area contributed by atoms with E-state index in [9.17, 15) is 23.5 Å². The number of carboxylic acid groups (broad SMARTS) is 1. The van der Waals surface area contributed by atoms with Gasteiger partial charge in [-0.15, -0.1) is 11.3 Å². The van der Waals surface area contributed by atoms with Crippen molar-refractivity contribution in [3.05, 3.63) is 62.2 Å². The number of thiazole rings is 1. The summed E-state index contributed by atoms with van der Waals surface area (Å²) < 4.78 is 39.3. The van der Waals surface area contributed by atoms with Crippen molar-refractivity contribution in [2.75, 3.05) is 26.9 Å². The Bertz CT molecular complexity index is 1390. The van der Waals surface area contributed by atoms with E-state index in [1.54, 1.807) is 11.6 Å². The van der Waals surface area contributed by atoms with Crippen molar-refractivity contribution in [2.24, 2.45) is 16.3 Å². The van der Waals surface area contributed by atoms with Crippen molar-refractivity contribution in [1.29, 1.82) is 0 Å². The molecule has 2 N–H and O–H groups in total. The maximum Gasteiger partial charge on any atom is 0.338 e. The first kappa shape index (κ1) is 25.4. The number of carbonyl (C=O) groups excluding carboxylic acids is 1. The highest BCUT2D eigenvalue weighted by Crippen LogP contribution is 2.65. The Kier molecular flexibility index (Phi) is 6.25. The summed E-state index contributed by atoms with van der Waals surface area (Å²) in [7, 11) is 1.23. The van der Waals surface area contributed by atoms with Gasteiger partial charge in [0.1, 0.15) is 6.04 Å². The van der Waals surface area contributed by atoms with Crippen LogP contribution in [0.3, 0.4) is 0 Å². The number of piperidine rings is 1. The van der Waals surface area contributed by atoms with Crippen molar-refractivity contribution in [2.45, 2.75) is 31.0 Å². The van der Waals surface area contributed by atoms with Crippen LogP contribution in [0.5, 0.6) is 0 Å². The summed E-state index contributed by atoms with van der Waals surface area (Å²) in [6.07, 6.45) is 2.41. The number of carboxylic acids is 1. The molecule has 200 valence electrons. The molecule has 0 bridgehead atoms. The SMILES string of the molecule is COC(=O)C1=C(CN2[C@@H]3COCC34[C@@H](CC(=O)O)C[C@@H]24)NC(c2nccs2)=N[C@H]1c1ccc(F)c(F)c1Cl. The van der Waals surface area contributed by atoms with E-state index in [-0.39, 0.29) is 47.5 Å². The maximum atomic E-state index is 14.5. The van der Waals surface area contributed by atoms with Crippen molar-refractivity contribution in [3.63, 3.8) is 0 Å². The number of amidine groups is 1. The third-order valence-corrected chi connectivity index (χ3v) is 9.39. The Balaban J connectivity index is 1.40. The fraction of sp³-hybridized carbons (Fsp3) is 0.440. The number of hydrogen-bond donors (Lipinski definition) is 2. The zero-order valence-electron chi connectivity index (χ0n) is 20.1. The summed E-state index contributed by atoms with van der Waals surface area (Å²) >= 11 is 7.55. The van der Waals surface area contributed by atoms with E-state index < -0.39 is 34.6 Å². The van der Waals surface area contributed by atoms with Crippen molar-refractivity contribution < 1.29 is 33.0 Å². The summed E-state index contributed by atoms with van der Waals surface area (Å²) in [4.78, 5) is 35.7. The van der Waals surface area contributed by atoms with E-state index in [0.29, 0.717) is 36.2 Å². The van der Waals surface area contributed by atoms with Gasteiger partial charge in [0, 0.05) is 53.3 Å². The first-order chi connectivity index (χ1) is 18.3. The Labute approximate surface area is 225 Å². The second-order valence-electron chi connectivity index (χ2n) is 9.85. The zero-order valence-corrected chi connectivity index (χ0v) is 21.7. The fourth-order valence-electron chi connectivity index (χ4n) is 6.49. The molecule has 1 aliphatic carbocycles. The zero-order chi connectivity index (χ0) is 26.8. The number of esters is 1. The van der Waals surface area contributed by atoms with Crippen LogP contribution in [-0.4, -0.2) is 71.7 Å². The van der Waals surface area contributed by atoms with Crippen molar-refractivity contribution in [1.82, 2.24) is 15.2 Å². The molecule has 1 unspecified atom stereocenters. The normalized spacial score (nSPS) is 29.9. The second-order valence-corrected chi connectivity index (χ2v) is 11.1. The van der Waals surface area contributed by atoms with Gasteiger partial charge < -0.3 is 19.9 Å². The lowest BCUT2D eigenvalue weighted by Gasteiger charge is -2.71. The molecule has 2 saturated heterocycles. The molecule has 3 aliphatic heterocycles. The second kappa shape index (κ2) is 9.37. The number of aliphatic carboxylic acids is 1. The van der Waals surface area contributed by atoms with Gasteiger partial charge in [-0.2, -0.15) is 0 Å². The maximum absolute atomic E-state index is 14.5. The van der Waals surface area contributed by atoms with E-state index in [1.807, 2.05) is 0 Å². The fourth-order valence-corrected chi connectivity index (χ4v) is 7.34. The third kappa shape index (κ3) is 3.69. The lowest BCUT2D eigenvalue weighted by Crippen LogP contribution is -2.80. The van der Waals surface area contributed by atoms with Gasteiger partial charge in [0.25, 0.3) is 0 Å². The van der Waals surface area contributed by atoms with E-state index in [4.69, 9.17) is 21.1 Å². The third-order valence-electron chi connectivity index (χ3n) is 8.22. The van der Waals surface area contributed by atoms with E-state index in [0.717, 1.165) is 6.07 Å². The number of methoxy groups -OCH3 is 1. The molecule has 0 amide bonds. The van der Waals surface area contributed by atoms with Gasteiger partial charge in [-0.05, 0) is 18.4 Å². The molecule has 2 aromatic rings. The Morgan fingerprint density at radius 2 is 2.18 bits per heavy atom. The summed E-state index contributed by atoms with van der Waals surface area (Å²) in [6, 6.07) is 1.27. The average Bonchev–Trinajstić information content (AvgIpc) is 3.58. The van der Waals surface area contributed by atoms with Crippen LogP contribution >= 0.6 is 22.9 Å². The van der Waals surface area contributed by atoms with Gasteiger partial charge in [0.05, 0.1) is 30.9 Å². The molecule has 1 spiro atoms. The highest BCUT2D eigenvalue weighted by molar-refractivity contribution is 7.11. The number of hydrogen-bond acceptors (Lipinski definition) is 9. The first-order valence-corrected chi connectivity index (χ1v) is 13.3.